The third-order valence-corrected chi connectivity index (χ3v) is 2.49. The largest absolute Gasteiger partial charge is 0.494 e. The van der Waals surface area contributed by atoms with Crippen LogP contribution >= 0.6 is 0 Å². The van der Waals surface area contributed by atoms with Crippen molar-refractivity contribution in [2.75, 3.05) is 6.61 Å². The number of ether oxygens (including phenoxy) is 1. The highest BCUT2D eigenvalue weighted by atomic mass is 16.5. The van der Waals surface area contributed by atoms with E-state index in [4.69, 9.17) is 10.5 Å². The Morgan fingerprint density at radius 1 is 1.27 bits per heavy atom. The van der Waals surface area contributed by atoms with Gasteiger partial charge in [0, 0.05) is 11.6 Å². The van der Waals surface area contributed by atoms with Crippen molar-refractivity contribution in [1.29, 1.82) is 0 Å². The molecule has 2 nitrogen and oxygen atoms in total. The zero-order valence-electron chi connectivity index (χ0n) is 10.1. The van der Waals surface area contributed by atoms with Crippen LogP contribution in [0.1, 0.15) is 39.3 Å². The van der Waals surface area contributed by atoms with Gasteiger partial charge in [-0.05, 0) is 18.4 Å². The molecule has 0 amide bonds. The number of benzene rings is 1. The molecule has 0 spiro atoms. The van der Waals surface area contributed by atoms with E-state index in [1.807, 2.05) is 31.2 Å². The van der Waals surface area contributed by atoms with Crippen molar-refractivity contribution in [3.8, 4) is 5.75 Å². The van der Waals surface area contributed by atoms with Crippen molar-refractivity contribution < 1.29 is 4.74 Å². The molecule has 0 saturated heterocycles. The standard InChI is InChI=1S/C13H21NO/c1-5-15-11-9-7-6-8-10(11)12(14)13(2,3)4/h6-9,12H,5,14H2,1-4H3. The maximum Gasteiger partial charge on any atom is 0.124 e. The molecule has 0 aliphatic heterocycles. The lowest BCUT2D eigenvalue weighted by Gasteiger charge is -2.28. The quantitative estimate of drug-likeness (QED) is 0.826. The van der Waals surface area contributed by atoms with Crippen LogP contribution in [0.25, 0.3) is 0 Å². The molecule has 0 radical (unpaired) electrons. The lowest BCUT2D eigenvalue weighted by Crippen LogP contribution is -2.26. The first kappa shape index (κ1) is 12.1. The second-order valence-corrected chi connectivity index (χ2v) is 4.81. The Kier molecular flexibility index (Phi) is 3.75. The minimum Gasteiger partial charge on any atom is -0.494 e. The molecule has 0 aliphatic rings. The van der Waals surface area contributed by atoms with Crippen molar-refractivity contribution in [2.24, 2.45) is 11.1 Å². The molecule has 1 atom stereocenters. The molecule has 15 heavy (non-hydrogen) atoms. The van der Waals surface area contributed by atoms with Crippen molar-refractivity contribution in [2.45, 2.75) is 33.7 Å². The second-order valence-electron chi connectivity index (χ2n) is 4.81. The highest BCUT2D eigenvalue weighted by Gasteiger charge is 2.24. The van der Waals surface area contributed by atoms with E-state index in [0.717, 1.165) is 11.3 Å². The summed E-state index contributed by atoms with van der Waals surface area (Å²) in [6.45, 7) is 9.08. The van der Waals surface area contributed by atoms with Gasteiger partial charge in [-0.2, -0.15) is 0 Å². The average molecular weight is 207 g/mol. The van der Waals surface area contributed by atoms with Gasteiger partial charge in [-0.1, -0.05) is 39.0 Å². The van der Waals surface area contributed by atoms with Crippen LogP contribution in [0, 0.1) is 5.41 Å². The van der Waals surface area contributed by atoms with Crippen LogP contribution in [-0.4, -0.2) is 6.61 Å². The normalized spacial score (nSPS) is 13.7. The van der Waals surface area contributed by atoms with E-state index < -0.39 is 0 Å². The third-order valence-electron chi connectivity index (χ3n) is 2.49. The van der Waals surface area contributed by atoms with Gasteiger partial charge in [0.1, 0.15) is 5.75 Å². The van der Waals surface area contributed by atoms with Gasteiger partial charge in [-0.3, -0.25) is 0 Å². The van der Waals surface area contributed by atoms with Crippen LogP contribution in [0.15, 0.2) is 24.3 Å². The molecular weight excluding hydrogens is 186 g/mol. The van der Waals surface area contributed by atoms with Gasteiger partial charge in [0.2, 0.25) is 0 Å². The van der Waals surface area contributed by atoms with E-state index in [0.29, 0.717) is 6.61 Å². The molecule has 2 heteroatoms. The maximum absolute atomic E-state index is 6.22. The Balaban J connectivity index is 3.02. The Morgan fingerprint density at radius 2 is 1.87 bits per heavy atom. The zero-order chi connectivity index (χ0) is 11.5. The summed E-state index contributed by atoms with van der Waals surface area (Å²) < 4.78 is 5.57. The van der Waals surface area contributed by atoms with E-state index in [-0.39, 0.29) is 11.5 Å². The van der Waals surface area contributed by atoms with Crippen LogP contribution < -0.4 is 10.5 Å². The zero-order valence-corrected chi connectivity index (χ0v) is 10.1. The summed E-state index contributed by atoms with van der Waals surface area (Å²) in [4.78, 5) is 0. The highest BCUT2D eigenvalue weighted by Crippen LogP contribution is 2.35. The molecule has 0 bridgehead atoms. The predicted octanol–water partition coefficient (Wildman–Crippen LogP) is 3.13. The Hall–Kier alpha value is -1.02. The molecule has 1 rings (SSSR count). The van der Waals surface area contributed by atoms with Crippen LogP contribution in [-0.2, 0) is 0 Å². The summed E-state index contributed by atoms with van der Waals surface area (Å²) in [5.41, 5.74) is 7.36. The number of nitrogens with two attached hydrogens (primary N) is 1. The first-order valence-corrected chi connectivity index (χ1v) is 5.44. The Morgan fingerprint density at radius 3 is 2.40 bits per heavy atom. The minimum absolute atomic E-state index is 0.000231. The fourth-order valence-corrected chi connectivity index (χ4v) is 1.49. The summed E-state index contributed by atoms with van der Waals surface area (Å²) >= 11 is 0. The molecule has 0 fully saturated rings. The van der Waals surface area contributed by atoms with E-state index in [9.17, 15) is 0 Å². The minimum atomic E-state index is 0.000231. The van der Waals surface area contributed by atoms with Crippen LogP contribution in [0.5, 0.6) is 5.75 Å². The van der Waals surface area contributed by atoms with Crippen molar-refractivity contribution in [3.63, 3.8) is 0 Å². The summed E-state index contributed by atoms with van der Waals surface area (Å²) in [7, 11) is 0. The van der Waals surface area contributed by atoms with Gasteiger partial charge in [-0.15, -0.1) is 0 Å². The summed E-state index contributed by atoms with van der Waals surface area (Å²) in [5, 5.41) is 0. The van der Waals surface area contributed by atoms with E-state index >= 15 is 0 Å². The van der Waals surface area contributed by atoms with Gasteiger partial charge in [-0.25, -0.2) is 0 Å². The van der Waals surface area contributed by atoms with Crippen molar-refractivity contribution in [3.05, 3.63) is 29.8 Å². The smallest absolute Gasteiger partial charge is 0.124 e. The van der Waals surface area contributed by atoms with E-state index in [2.05, 4.69) is 20.8 Å². The second kappa shape index (κ2) is 4.67. The monoisotopic (exact) mass is 207 g/mol. The molecule has 0 heterocycles. The summed E-state index contributed by atoms with van der Waals surface area (Å²) in [6.07, 6.45) is 0. The molecule has 0 aliphatic carbocycles. The molecule has 1 aromatic carbocycles. The molecule has 0 aromatic heterocycles. The fourth-order valence-electron chi connectivity index (χ4n) is 1.49. The van der Waals surface area contributed by atoms with Gasteiger partial charge in [0.15, 0.2) is 0 Å². The van der Waals surface area contributed by atoms with Gasteiger partial charge < -0.3 is 10.5 Å². The maximum atomic E-state index is 6.22. The molecular formula is C13H21NO. The third kappa shape index (κ3) is 2.96. The first-order chi connectivity index (χ1) is 6.96. The van der Waals surface area contributed by atoms with Crippen molar-refractivity contribution in [1.82, 2.24) is 0 Å². The fraction of sp³-hybridized carbons (Fsp3) is 0.538. The molecule has 0 saturated carbocycles. The first-order valence-electron chi connectivity index (χ1n) is 5.44. The highest BCUT2D eigenvalue weighted by molar-refractivity contribution is 5.36. The summed E-state index contributed by atoms with van der Waals surface area (Å²) in [6, 6.07) is 8.00. The topological polar surface area (TPSA) is 35.2 Å². The summed E-state index contributed by atoms with van der Waals surface area (Å²) in [5.74, 6) is 0.905. The van der Waals surface area contributed by atoms with Gasteiger partial charge in [0.25, 0.3) is 0 Å². The van der Waals surface area contributed by atoms with Crippen LogP contribution in [0.3, 0.4) is 0 Å². The van der Waals surface area contributed by atoms with Gasteiger partial charge >= 0.3 is 0 Å². The van der Waals surface area contributed by atoms with Crippen LogP contribution in [0.2, 0.25) is 0 Å². The molecule has 1 unspecified atom stereocenters. The number of hydrogen-bond donors (Lipinski definition) is 1. The van der Waals surface area contributed by atoms with Gasteiger partial charge in [0.05, 0.1) is 6.61 Å². The molecule has 84 valence electrons. The Labute approximate surface area is 92.4 Å². The molecule has 2 N–H and O–H groups in total. The lowest BCUT2D eigenvalue weighted by molar-refractivity contribution is 0.298. The van der Waals surface area contributed by atoms with E-state index in [1.54, 1.807) is 0 Å². The number of rotatable bonds is 3. The van der Waals surface area contributed by atoms with Crippen LogP contribution in [0.4, 0.5) is 0 Å². The molecule has 1 aromatic rings. The average Bonchev–Trinajstić information content (AvgIpc) is 2.17. The SMILES string of the molecule is CCOc1ccccc1C(N)C(C)(C)C. The van der Waals surface area contributed by atoms with Crippen molar-refractivity contribution >= 4 is 0 Å². The number of para-hydroxylation sites is 1. The Bertz CT molecular complexity index is 315. The van der Waals surface area contributed by atoms with E-state index in [1.165, 1.54) is 0 Å². The lowest BCUT2D eigenvalue weighted by atomic mass is 9.83. The predicted molar refractivity (Wildman–Crippen MR) is 64.0 cm³/mol. The number of hydrogen-bond acceptors (Lipinski definition) is 2.